The van der Waals surface area contributed by atoms with Crippen molar-refractivity contribution < 1.29 is 4.74 Å². The third-order valence-electron chi connectivity index (χ3n) is 4.27. The maximum absolute atomic E-state index is 5.89. The van der Waals surface area contributed by atoms with Crippen molar-refractivity contribution in [3.05, 3.63) is 35.4 Å². The molecule has 1 aliphatic rings. The Morgan fingerprint density at radius 3 is 2.46 bits per heavy atom. The largest absolute Gasteiger partial charge is 0.383 e. The molecule has 1 aromatic carbocycles. The fraction of sp³-hybridized carbons (Fsp3) is 0.611. The fourth-order valence-electron chi connectivity index (χ4n) is 2.78. The summed E-state index contributed by atoms with van der Waals surface area (Å²) < 4.78 is 5.07. The normalized spacial score (nSPS) is 18.5. The van der Waals surface area contributed by atoms with Gasteiger partial charge in [-0.05, 0) is 25.1 Å². The molecule has 0 saturated carbocycles. The summed E-state index contributed by atoms with van der Waals surface area (Å²) in [5.41, 5.74) is 8.41. The van der Waals surface area contributed by atoms with Gasteiger partial charge in [0, 0.05) is 45.9 Å². The first-order valence-corrected chi connectivity index (χ1v) is 8.61. The second-order valence-corrected chi connectivity index (χ2v) is 6.60. The van der Waals surface area contributed by atoms with Gasteiger partial charge in [-0.1, -0.05) is 24.3 Å². The van der Waals surface area contributed by atoms with Crippen molar-refractivity contribution in [2.24, 2.45) is 10.7 Å². The van der Waals surface area contributed by atoms with E-state index in [1.807, 2.05) is 6.92 Å². The van der Waals surface area contributed by atoms with Gasteiger partial charge in [0.2, 0.25) is 0 Å². The van der Waals surface area contributed by atoms with Crippen molar-refractivity contribution in [3.8, 4) is 0 Å². The third kappa shape index (κ3) is 6.47. The van der Waals surface area contributed by atoms with Gasteiger partial charge in [-0.3, -0.25) is 4.90 Å². The summed E-state index contributed by atoms with van der Waals surface area (Å²) in [5, 5.41) is 3.11. The van der Waals surface area contributed by atoms with E-state index in [4.69, 9.17) is 10.5 Å². The lowest BCUT2D eigenvalue weighted by molar-refractivity contribution is 0.148. The Labute approximate surface area is 145 Å². The van der Waals surface area contributed by atoms with Crippen molar-refractivity contribution in [2.45, 2.75) is 26.1 Å². The van der Waals surface area contributed by atoms with Crippen LogP contribution < -0.4 is 11.1 Å². The molecule has 0 radical (unpaired) electrons. The molecular formula is C18H31N5O. The summed E-state index contributed by atoms with van der Waals surface area (Å²) in [5.74, 6) is 0.459. The van der Waals surface area contributed by atoms with Crippen LogP contribution in [0.25, 0.3) is 0 Å². The second-order valence-electron chi connectivity index (χ2n) is 6.60. The van der Waals surface area contributed by atoms with Gasteiger partial charge in [-0.15, -0.1) is 0 Å². The Hall–Kier alpha value is -1.63. The number of benzene rings is 1. The average Bonchev–Trinajstić information content (AvgIpc) is 2.56. The molecule has 6 nitrogen and oxygen atoms in total. The first-order chi connectivity index (χ1) is 11.6. The highest BCUT2D eigenvalue weighted by atomic mass is 16.5. The number of aliphatic imine (C=N–C) groups is 1. The molecule has 1 fully saturated rings. The maximum Gasteiger partial charge on any atom is 0.189 e. The van der Waals surface area contributed by atoms with Crippen molar-refractivity contribution in [2.75, 3.05) is 46.9 Å². The molecule has 0 bridgehead atoms. The Kier molecular flexibility index (Phi) is 7.49. The van der Waals surface area contributed by atoms with Gasteiger partial charge in [-0.25, -0.2) is 4.99 Å². The molecule has 1 aromatic rings. The van der Waals surface area contributed by atoms with E-state index in [0.29, 0.717) is 19.1 Å². The van der Waals surface area contributed by atoms with Crippen molar-refractivity contribution in [1.29, 1.82) is 0 Å². The van der Waals surface area contributed by atoms with Gasteiger partial charge in [0.1, 0.15) is 0 Å². The fourth-order valence-corrected chi connectivity index (χ4v) is 2.78. The lowest BCUT2D eigenvalue weighted by Gasteiger charge is -2.32. The van der Waals surface area contributed by atoms with Gasteiger partial charge in [0.15, 0.2) is 5.96 Å². The number of methoxy groups -OCH3 is 1. The Morgan fingerprint density at radius 2 is 1.83 bits per heavy atom. The highest BCUT2D eigenvalue weighted by Crippen LogP contribution is 2.10. The lowest BCUT2D eigenvalue weighted by atomic mass is 10.1. The van der Waals surface area contributed by atoms with E-state index in [9.17, 15) is 0 Å². The molecule has 0 spiro atoms. The lowest BCUT2D eigenvalue weighted by Crippen LogP contribution is -2.43. The summed E-state index contributed by atoms with van der Waals surface area (Å²) in [7, 11) is 3.86. The minimum Gasteiger partial charge on any atom is -0.383 e. The number of nitrogens with two attached hydrogens (primary N) is 1. The SMILES string of the molecule is COCC(C)NC(N)=NCc1ccc(CN2CCN(C)CC2)cc1. The Morgan fingerprint density at radius 1 is 1.21 bits per heavy atom. The van der Waals surface area contributed by atoms with E-state index in [0.717, 1.165) is 32.7 Å². The minimum absolute atomic E-state index is 0.157. The number of nitrogens with zero attached hydrogens (tertiary/aromatic N) is 3. The predicted octanol–water partition coefficient (Wildman–Crippen LogP) is 0.873. The standard InChI is InChI=1S/C18H31N5O/c1-15(14-24-3)21-18(19)20-12-16-4-6-17(7-5-16)13-23-10-8-22(2)9-11-23/h4-7,15H,8-14H2,1-3H3,(H3,19,20,21). The first kappa shape index (κ1) is 18.7. The van der Waals surface area contributed by atoms with Crippen LogP contribution in [0.2, 0.25) is 0 Å². The molecule has 1 aliphatic heterocycles. The average molecular weight is 333 g/mol. The molecule has 0 aromatic heterocycles. The molecular weight excluding hydrogens is 302 g/mol. The number of hydrogen-bond acceptors (Lipinski definition) is 4. The van der Waals surface area contributed by atoms with Crippen LogP contribution in [0.1, 0.15) is 18.1 Å². The van der Waals surface area contributed by atoms with Crippen LogP contribution >= 0.6 is 0 Å². The zero-order valence-corrected chi connectivity index (χ0v) is 15.2. The molecule has 1 saturated heterocycles. The van der Waals surface area contributed by atoms with Crippen LogP contribution in [0.4, 0.5) is 0 Å². The maximum atomic E-state index is 5.89. The van der Waals surface area contributed by atoms with Gasteiger partial charge >= 0.3 is 0 Å². The number of nitrogens with one attached hydrogen (secondary N) is 1. The molecule has 1 heterocycles. The van der Waals surface area contributed by atoms with Crippen LogP contribution in [0.5, 0.6) is 0 Å². The number of likely N-dealkylation sites (N-methyl/N-ethyl adjacent to an activating group) is 1. The summed E-state index contributed by atoms with van der Waals surface area (Å²) in [6.07, 6.45) is 0. The van der Waals surface area contributed by atoms with Crippen molar-refractivity contribution in [1.82, 2.24) is 15.1 Å². The minimum atomic E-state index is 0.157. The smallest absolute Gasteiger partial charge is 0.189 e. The Balaban J connectivity index is 1.79. The summed E-state index contributed by atoms with van der Waals surface area (Å²) in [6, 6.07) is 8.83. The number of ether oxygens (including phenoxy) is 1. The van der Waals surface area contributed by atoms with E-state index in [-0.39, 0.29) is 6.04 Å². The molecule has 1 unspecified atom stereocenters. The van der Waals surface area contributed by atoms with Crippen LogP contribution in [0.15, 0.2) is 29.3 Å². The number of rotatable bonds is 7. The third-order valence-corrected chi connectivity index (χ3v) is 4.27. The van der Waals surface area contributed by atoms with E-state index >= 15 is 0 Å². The highest BCUT2D eigenvalue weighted by molar-refractivity contribution is 5.78. The van der Waals surface area contributed by atoms with Gasteiger partial charge < -0.3 is 20.7 Å². The van der Waals surface area contributed by atoms with Crippen LogP contribution in [0, 0.1) is 0 Å². The summed E-state index contributed by atoms with van der Waals surface area (Å²) in [4.78, 5) is 9.27. The summed E-state index contributed by atoms with van der Waals surface area (Å²) >= 11 is 0. The number of hydrogen-bond donors (Lipinski definition) is 2. The second kappa shape index (κ2) is 9.61. The van der Waals surface area contributed by atoms with Crippen LogP contribution in [-0.2, 0) is 17.8 Å². The molecule has 1 atom stereocenters. The van der Waals surface area contributed by atoms with Gasteiger partial charge in [0.25, 0.3) is 0 Å². The van der Waals surface area contributed by atoms with Gasteiger partial charge in [0.05, 0.1) is 13.2 Å². The van der Waals surface area contributed by atoms with Crippen LogP contribution in [0.3, 0.4) is 0 Å². The Bertz CT molecular complexity index is 509. The van der Waals surface area contributed by atoms with E-state index in [1.54, 1.807) is 7.11 Å². The zero-order valence-electron chi connectivity index (χ0n) is 15.2. The number of guanidine groups is 1. The molecule has 134 valence electrons. The van der Waals surface area contributed by atoms with E-state index in [1.165, 1.54) is 11.1 Å². The number of piperazine rings is 1. The molecule has 2 rings (SSSR count). The molecule has 6 heteroatoms. The molecule has 24 heavy (non-hydrogen) atoms. The van der Waals surface area contributed by atoms with E-state index in [2.05, 4.69) is 51.4 Å². The van der Waals surface area contributed by atoms with Crippen LogP contribution in [-0.4, -0.2) is 68.7 Å². The predicted molar refractivity (Wildman–Crippen MR) is 99.0 cm³/mol. The monoisotopic (exact) mass is 333 g/mol. The van der Waals surface area contributed by atoms with Gasteiger partial charge in [-0.2, -0.15) is 0 Å². The topological polar surface area (TPSA) is 66.1 Å². The first-order valence-electron chi connectivity index (χ1n) is 8.61. The molecule has 3 N–H and O–H groups in total. The zero-order chi connectivity index (χ0) is 17.4. The quantitative estimate of drug-likeness (QED) is 0.573. The van der Waals surface area contributed by atoms with Crippen molar-refractivity contribution in [3.63, 3.8) is 0 Å². The molecule has 0 amide bonds. The highest BCUT2D eigenvalue weighted by Gasteiger charge is 2.13. The van der Waals surface area contributed by atoms with Crippen molar-refractivity contribution >= 4 is 5.96 Å². The van der Waals surface area contributed by atoms with E-state index < -0.39 is 0 Å². The molecule has 0 aliphatic carbocycles. The summed E-state index contributed by atoms with van der Waals surface area (Å²) in [6.45, 7) is 8.83.